The standard InChI is InChI=1S/C25H24N4O5/c1-14-15(2)28-19-5-4-16(10-17(14)19)34-25-18-11-21(32-3)22(12-20(18)26-13-27-25)33-9-8-29-23(30)6-7-24(29)31/h4-7,10-13,28,30-31H,8-9H2,1-3H3. The molecule has 9 nitrogen and oxygen atoms in total. The van der Waals surface area contributed by atoms with E-state index in [-0.39, 0.29) is 24.9 Å². The van der Waals surface area contributed by atoms with Crippen LogP contribution >= 0.6 is 0 Å². The number of rotatable bonds is 7. The highest BCUT2D eigenvalue weighted by Crippen LogP contribution is 2.37. The zero-order chi connectivity index (χ0) is 23.8. The molecule has 0 aliphatic carbocycles. The Bertz CT molecular complexity index is 1490. The second-order valence-electron chi connectivity index (χ2n) is 7.93. The van der Waals surface area contributed by atoms with Crippen LogP contribution in [0.1, 0.15) is 11.3 Å². The summed E-state index contributed by atoms with van der Waals surface area (Å²) < 4.78 is 18.9. The van der Waals surface area contributed by atoms with Crippen molar-refractivity contribution in [1.29, 1.82) is 0 Å². The molecule has 0 spiro atoms. The molecule has 34 heavy (non-hydrogen) atoms. The van der Waals surface area contributed by atoms with Crippen molar-refractivity contribution in [2.75, 3.05) is 13.7 Å². The number of ether oxygens (including phenoxy) is 3. The molecule has 174 valence electrons. The first-order chi connectivity index (χ1) is 16.4. The Morgan fingerprint density at radius 1 is 0.941 bits per heavy atom. The van der Waals surface area contributed by atoms with Crippen LogP contribution in [-0.4, -0.2) is 43.4 Å². The third-order valence-corrected chi connectivity index (χ3v) is 5.89. The molecule has 3 aromatic heterocycles. The predicted octanol–water partition coefficient (Wildman–Crippen LogP) is 4.82. The largest absolute Gasteiger partial charge is 0.494 e. The number of hydrogen-bond donors (Lipinski definition) is 3. The van der Waals surface area contributed by atoms with Gasteiger partial charge in [-0.25, -0.2) is 9.97 Å². The van der Waals surface area contributed by atoms with Crippen molar-refractivity contribution in [3.05, 3.63) is 60.0 Å². The number of methoxy groups -OCH3 is 1. The molecule has 0 fully saturated rings. The van der Waals surface area contributed by atoms with E-state index in [1.165, 1.54) is 28.6 Å². The average molecular weight is 460 g/mol. The molecule has 0 atom stereocenters. The molecule has 3 heterocycles. The van der Waals surface area contributed by atoms with Gasteiger partial charge in [0.25, 0.3) is 0 Å². The maximum Gasteiger partial charge on any atom is 0.230 e. The summed E-state index contributed by atoms with van der Waals surface area (Å²) in [6, 6.07) is 12.2. The number of benzene rings is 2. The minimum Gasteiger partial charge on any atom is -0.494 e. The van der Waals surface area contributed by atoms with Crippen molar-refractivity contribution >= 4 is 21.8 Å². The number of aryl methyl sites for hydroxylation is 2. The zero-order valence-electron chi connectivity index (χ0n) is 19.0. The molecule has 0 saturated carbocycles. The summed E-state index contributed by atoms with van der Waals surface area (Å²) in [5, 5.41) is 21.3. The summed E-state index contributed by atoms with van der Waals surface area (Å²) in [5.41, 5.74) is 3.99. The van der Waals surface area contributed by atoms with E-state index in [0.29, 0.717) is 34.0 Å². The summed E-state index contributed by atoms with van der Waals surface area (Å²) in [7, 11) is 1.55. The van der Waals surface area contributed by atoms with Crippen molar-refractivity contribution < 1.29 is 24.4 Å². The fraction of sp³-hybridized carbons (Fsp3) is 0.200. The highest BCUT2D eigenvalue weighted by atomic mass is 16.5. The quantitative estimate of drug-likeness (QED) is 0.319. The Morgan fingerprint density at radius 3 is 2.50 bits per heavy atom. The second kappa shape index (κ2) is 8.51. The van der Waals surface area contributed by atoms with Crippen molar-refractivity contribution in [1.82, 2.24) is 19.5 Å². The molecule has 0 saturated heterocycles. The first-order valence-corrected chi connectivity index (χ1v) is 10.7. The molecule has 3 N–H and O–H groups in total. The van der Waals surface area contributed by atoms with Crippen molar-refractivity contribution in [3.8, 4) is 34.9 Å². The lowest BCUT2D eigenvalue weighted by Gasteiger charge is -2.14. The number of nitrogens with one attached hydrogen (secondary N) is 1. The Hall–Kier alpha value is -4.40. The molecule has 0 amide bonds. The fourth-order valence-corrected chi connectivity index (χ4v) is 3.93. The molecule has 5 rings (SSSR count). The Kier molecular flexibility index (Phi) is 5.37. The van der Waals surface area contributed by atoms with E-state index in [0.717, 1.165) is 16.6 Å². The van der Waals surface area contributed by atoms with Gasteiger partial charge in [-0.1, -0.05) is 0 Å². The highest BCUT2D eigenvalue weighted by Gasteiger charge is 2.15. The molecule has 0 radical (unpaired) electrons. The van der Waals surface area contributed by atoms with E-state index in [1.54, 1.807) is 19.2 Å². The van der Waals surface area contributed by atoms with Crippen LogP contribution in [0.2, 0.25) is 0 Å². The number of nitrogens with zero attached hydrogens (tertiary/aromatic N) is 3. The van der Waals surface area contributed by atoms with E-state index >= 15 is 0 Å². The molecular formula is C25H24N4O5. The monoisotopic (exact) mass is 460 g/mol. The first-order valence-electron chi connectivity index (χ1n) is 10.7. The van der Waals surface area contributed by atoms with Crippen molar-refractivity contribution in [3.63, 3.8) is 0 Å². The summed E-state index contributed by atoms with van der Waals surface area (Å²) in [4.78, 5) is 12.0. The van der Waals surface area contributed by atoms with Gasteiger partial charge in [0.05, 0.1) is 24.6 Å². The van der Waals surface area contributed by atoms with Gasteiger partial charge in [-0.15, -0.1) is 0 Å². The van der Waals surface area contributed by atoms with Crippen LogP contribution in [0.15, 0.2) is 48.8 Å². The van der Waals surface area contributed by atoms with Gasteiger partial charge in [-0.2, -0.15) is 0 Å². The van der Waals surface area contributed by atoms with Gasteiger partial charge >= 0.3 is 0 Å². The third kappa shape index (κ3) is 3.81. The van der Waals surface area contributed by atoms with Crippen LogP contribution in [0.25, 0.3) is 21.8 Å². The predicted molar refractivity (Wildman–Crippen MR) is 127 cm³/mol. The van der Waals surface area contributed by atoms with Crippen LogP contribution in [0.3, 0.4) is 0 Å². The lowest BCUT2D eigenvalue weighted by molar-refractivity contribution is 0.263. The third-order valence-electron chi connectivity index (χ3n) is 5.89. The van der Waals surface area contributed by atoms with Gasteiger partial charge in [-0.3, -0.25) is 4.57 Å². The lowest BCUT2D eigenvalue weighted by Crippen LogP contribution is -2.08. The molecule has 0 aliphatic rings. The van der Waals surface area contributed by atoms with Crippen LogP contribution < -0.4 is 14.2 Å². The highest BCUT2D eigenvalue weighted by molar-refractivity contribution is 5.88. The first kappa shape index (κ1) is 21.4. The maximum absolute atomic E-state index is 9.79. The van der Waals surface area contributed by atoms with E-state index < -0.39 is 0 Å². The van der Waals surface area contributed by atoms with Gasteiger partial charge in [0.15, 0.2) is 23.3 Å². The van der Waals surface area contributed by atoms with Crippen LogP contribution in [0.4, 0.5) is 0 Å². The molecular weight excluding hydrogens is 436 g/mol. The zero-order valence-corrected chi connectivity index (χ0v) is 19.0. The fourth-order valence-electron chi connectivity index (χ4n) is 3.93. The summed E-state index contributed by atoms with van der Waals surface area (Å²) in [6.45, 7) is 4.57. The molecule has 0 unspecified atom stereocenters. The summed E-state index contributed by atoms with van der Waals surface area (Å²) in [5.74, 6) is 1.96. The topological polar surface area (TPSA) is 115 Å². The van der Waals surface area contributed by atoms with Crippen LogP contribution in [0.5, 0.6) is 34.9 Å². The Labute approximate surface area is 195 Å². The van der Waals surface area contributed by atoms with Crippen LogP contribution in [0, 0.1) is 13.8 Å². The van der Waals surface area contributed by atoms with Gasteiger partial charge in [-0.05, 0) is 43.7 Å². The normalized spacial score (nSPS) is 11.3. The number of H-pyrrole nitrogens is 1. The van der Waals surface area contributed by atoms with E-state index in [9.17, 15) is 10.2 Å². The lowest BCUT2D eigenvalue weighted by atomic mass is 10.1. The smallest absolute Gasteiger partial charge is 0.230 e. The Morgan fingerprint density at radius 2 is 1.74 bits per heavy atom. The minimum absolute atomic E-state index is 0.0377. The van der Waals surface area contributed by atoms with Crippen LogP contribution in [-0.2, 0) is 6.54 Å². The average Bonchev–Trinajstić information content (AvgIpc) is 3.31. The summed E-state index contributed by atoms with van der Waals surface area (Å²) >= 11 is 0. The molecule has 5 aromatic rings. The van der Waals surface area contributed by atoms with Gasteiger partial charge in [0, 0.05) is 34.8 Å². The Balaban J connectivity index is 1.42. The maximum atomic E-state index is 9.79. The van der Waals surface area contributed by atoms with Gasteiger partial charge in [0.2, 0.25) is 5.88 Å². The van der Waals surface area contributed by atoms with Crippen molar-refractivity contribution in [2.45, 2.75) is 20.4 Å². The molecule has 2 aromatic carbocycles. The molecule has 0 bridgehead atoms. The van der Waals surface area contributed by atoms with E-state index in [2.05, 4.69) is 21.9 Å². The second-order valence-corrected chi connectivity index (χ2v) is 7.93. The molecule has 9 heteroatoms. The number of aromatic nitrogens is 4. The van der Waals surface area contributed by atoms with E-state index in [1.807, 2.05) is 25.1 Å². The van der Waals surface area contributed by atoms with Gasteiger partial charge < -0.3 is 29.4 Å². The molecule has 0 aliphatic heterocycles. The number of hydrogen-bond acceptors (Lipinski definition) is 7. The minimum atomic E-state index is -0.0377. The number of aromatic amines is 1. The summed E-state index contributed by atoms with van der Waals surface area (Å²) in [6.07, 6.45) is 1.44. The number of aromatic hydroxyl groups is 2. The number of fused-ring (bicyclic) bond motifs is 2. The van der Waals surface area contributed by atoms with Crippen molar-refractivity contribution in [2.24, 2.45) is 0 Å². The SMILES string of the molecule is COc1cc2c(Oc3ccc4[nH]c(C)c(C)c4c3)ncnc2cc1OCCn1c(O)ccc1O. The van der Waals surface area contributed by atoms with Gasteiger partial charge in [0.1, 0.15) is 18.7 Å². The van der Waals surface area contributed by atoms with E-state index in [4.69, 9.17) is 14.2 Å².